The Hall–Kier alpha value is -2.19. The van der Waals surface area contributed by atoms with E-state index >= 15 is 0 Å². The second-order valence-electron chi connectivity index (χ2n) is 7.08. The first-order valence-corrected chi connectivity index (χ1v) is 11.2. The van der Waals surface area contributed by atoms with Crippen LogP contribution in [-0.4, -0.2) is 15.3 Å². The molecule has 0 unspecified atom stereocenters. The molecule has 1 aliphatic heterocycles. The van der Waals surface area contributed by atoms with Crippen molar-refractivity contribution in [2.24, 2.45) is 4.99 Å². The van der Waals surface area contributed by atoms with Crippen LogP contribution in [0.2, 0.25) is 0 Å². The number of imidazole rings is 1. The van der Waals surface area contributed by atoms with E-state index in [0.717, 1.165) is 49.7 Å². The molecule has 2 aromatic heterocycles. The number of halogens is 2. The van der Waals surface area contributed by atoms with Crippen molar-refractivity contribution < 1.29 is 4.42 Å². The lowest BCUT2D eigenvalue weighted by Crippen LogP contribution is -2.08. The molecule has 6 heteroatoms. The molecule has 0 spiro atoms. The molecule has 0 N–H and O–H groups in total. The van der Waals surface area contributed by atoms with E-state index in [1.807, 2.05) is 19.3 Å². The Bertz CT molecular complexity index is 1270. The van der Waals surface area contributed by atoms with Gasteiger partial charge in [0.15, 0.2) is 5.76 Å². The van der Waals surface area contributed by atoms with E-state index in [0.29, 0.717) is 0 Å². The standard InChI is InChI=1S/C23H17BrIN3O/c1-13-9-10-29-23(13)21-22-14(2)27-20(16-5-3-4-6-18(16)25)17-11-15(24)7-8-19(17)28(22)12-26-21/h3-12,14H,1-2H3/t14-/m1/s1. The van der Waals surface area contributed by atoms with E-state index < -0.39 is 0 Å². The zero-order valence-corrected chi connectivity index (χ0v) is 19.6. The molecule has 0 bridgehead atoms. The molecule has 1 aliphatic rings. The molecule has 2 aromatic carbocycles. The summed E-state index contributed by atoms with van der Waals surface area (Å²) in [5, 5.41) is 0. The van der Waals surface area contributed by atoms with Gasteiger partial charge in [0.25, 0.3) is 0 Å². The molecule has 5 rings (SSSR count). The van der Waals surface area contributed by atoms with Crippen LogP contribution in [0.15, 0.2) is 75.0 Å². The molecule has 4 aromatic rings. The van der Waals surface area contributed by atoms with Crippen LogP contribution < -0.4 is 0 Å². The Morgan fingerprint density at radius 2 is 1.93 bits per heavy atom. The molecule has 0 saturated heterocycles. The van der Waals surface area contributed by atoms with Gasteiger partial charge in [0.2, 0.25) is 0 Å². The van der Waals surface area contributed by atoms with Gasteiger partial charge in [0.1, 0.15) is 12.0 Å². The Labute approximate surface area is 191 Å². The fraction of sp³-hybridized carbons (Fsp3) is 0.130. The van der Waals surface area contributed by atoms with Gasteiger partial charge in [0, 0.05) is 19.2 Å². The quantitative estimate of drug-likeness (QED) is 0.257. The summed E-state index contributed by atoms with van der Waals surface area (Å²) < 4.78 is 10.1. The average Bonchev–Trinajstić information content (AvgIpc) is 3.30. The van der Waals surface area contributed by atoms with Crippen LogP contribution in [0.4, 0.5) is 0 Å². The molecular weight excluding hydrogens is 541 g/mol. The summed E-state index contributed by atoms with van der Waals surface area (Å²) in [5.74, 6) is 0.803. The number of rotatable bonds is 2. The molecule has 0 aliphatic carbocycles. The first-order chi connectivity index (χ1) is 14.0. The summed E-state index contributed by atoms with van der Waals surface area (Å²) in [6.07, 6.45) is 3.59. The molecule has 29 heavy (non-hydrogen) atoms. The fourth-order valence-electron chi connectivity index (χ4n) is 3.84. The number of nitrogens with zero attached hydrogens (tertiary/aromatic N) is 3. The SMILES string of the molecule is Cc1ccoc1-c1ncn2c1[C@@H](C)N=C(c1ccccc1I)c1cc(Br)ccc1-2. The van der Waals surface area contributed by atoms with Crippen molar-refractivity contribution in [3.8, 4) is 17.1 Å². The van der Waals surface area contributed by atoms with Gasteiger partial charge in [-0.15, -0.1) is 0 Å². The van der Waals surface area contributed by atoms with Gasteiger partial charge in [-0.2, -0.15) is 0 Å². The van der Waals surface area contributed by atoms with Crippen LogP contribution in [0.3, 0.4) is 0 Å². The minimum Gasteiger partial charge on any atom is -0.462 e. The monoisotopic (exact) mass is 557 g/mol. The van der Waals surface area contributed by atoms with Gasteiger partial charge in [-0.1, -0.05) is 34.1 Å². The van der Waals surface area contributed by atoms with E-state index in [4.69, 9.17) is 14.4 Å². The third kappa shape index (κ3) is 3.09. The number of hydrogen-bond donors (Lipinski definition) is 0. The number of benzene rings is 2. The predicted octanol–water partition coefficient (Wildman–Crippen LogP) is 6.72. The van der Waals surface area contributed by atoms with Gasteiger partial charge in [-0.25, -0.2) is 4.98 Å². The van der Waals surface area contributed by atoms with E-state index in [1.54, 1.807) is 6.26 Å². The van der Waals surface area contributed by atoms with Crippen molar-refractivity contribution in [2.75, 3.05) is 0 Å². The summed E-state index contributed by atoms with van der Waals surface area (Å²) >= 11 is 6.02. The van der Waals surface area contributed by atoms with Gasteiger partial charge in [-0.3, -0.25) is 9.56 Å². The Morgan fingerprint density at radius 1 is 1.10 bits per heavy atom. The molecule has 0 amide bonds. The zero-order valence-electron chi connectivity index (χ0n) is 15.9. The zero-order chi connectivity index (χ0) is 20.1. The molecule has 0 saturated carbocycles. The van der Waals surface area contributed by atoms with Gasteiger partial charge >= 0.3 is 0 Å². The average molecular weight is 558 g/mol. The van der Waals surface area contributed by atoms with Crippen LogP contribution in [0, 0.1) is 10.5 Å². The van der Waals surface area contributed by atoms with Crippen LogP contribution in [0.1, 0.15) is 35.3 Å². The smallest absolute Gasteiger partial charge is 0.157 e. The van der Waals surface area contributed by atoms with Crippen molar-refractivity contribution >= 4 is 44.2 Å². The van der Waals surface area contributed by atoms with Crippen LogP contribution >= 0.6 is 38.5 Å². The van der Waals surface area contributed by atoms with Crippen molar-refractivity contribution in [1.29, 1.82) is 0 Å². The second-order valence-corrected chi connectivity index (χ2v) is 9.15. The number of furan rings is 1. The van der Waals surface area contributed by atoms with Crippen LogP contribution in [0.5, 0.6) is 0 Å². The lowest BCUT2D eigenvalue weighted by molar-refractivity contribution is 0.576. The summed E-state index contributed by atoms with van der Waals surface area (Å²) in [4.78, 5) is 9.91. The molecule has 0 radical (unpaired) electrons. The summed E-state index contributed by atoms with van der Waals surface area (Å²) in [6, 6.07) is 16.6. The third-order valence-corrected chi connectivity index (χ3v) is 6.64. The van der Waals surface area contributed by atoms with E-state index in [9.17, 15) is 0 Å². The van der Waals surface area contributed by atoms with Crippen molar-refractivity contribution in [2.45, 2.75) is 19.9 Å². The highest BCUT2D eigenvalue weighted by molar-refractivity contribution is 14.1. The normalized spacial score (nSPS) is 15.4. The summed E-state index contributed by atoms with van der Waals surface area (Å²) in [6.45, 7) is 4.16. The summed E-state index contributed by atoms with van der Waals surface area (Å²) in [7, 11) is 0. The minimum absolute atomic E-state index is 0.0887. The molecule has 4 nitrogen and oxygen atoms in total. The number of aliphatic imine (C=N–C) groups is 1. The number of aromatic nitrogens is 2. The highest BCUT2D eigenvalue weighted by Crippen LogP contribution is 2.38. The lowest BCUT2D eigenvalue weighted by Gasteiger charge is -2.13. The molecule has 144 valence electrons. The molecule has 1 atom stereocenters. The highest BCUT2D eigenvalue weighted by atomic mass is 127. The van der Waals surface area contributed by atoms with Gasteiger partial charge in [-0.05, 0) is 72.3 Å². The topological polar surface area (TPSA) is 43.3 Å². The van der Waals surface area contributed by atoms with Crippen molar-refractivity contribution in [3.05, 3.63) is 91.5 Å². The minimum atomic E-state index is -0.0887. The third-order valence-electron chi connectivity index (χ3n) is 5.20. The molecule has 0 fully saturated rings. The largest absolute Gasteiger partial charge is 0.462 e. The highest BCUT2D eigenvalue weighted by Gasteiger charge is 2.28. The number of aryl methyl sites for hydroxylation is 1. The Kier molecular flexibility index (Phi) is 4.70. The second kappa shape index (κ2) is 7.25. The van der Waals surface area contributed by atoms with Gasteiger partial charge < -0.3 is 4.42 Å². The Balaban J connectivity index is 1.82. The van der Waals surface area contributed by atoms with Crippen molar-refractivity contribution in [1.82, 2.24) is 9.55 Å². The number of hydrogen-bond acceptors (Lipinski definition) is 3. The van der Waals surface area contributed by atoms with Gasteiger partial charge in [0.05, 0.1) is 29.4 Å². The first-order valence-electron chi connectivity index (χ1n) is 9.29. The molecular formula is C23H17BrIN3O. The van der Waals surface area contributed by atoms with E-state index in [1.165, 1.54) is 3.57 Å². The van der Waals surface area contributed by atoms with E-state index in [2.05, 4.69) is 92.5 Å². The maximum absolute atomic E-state index is 5.77. The molecule has 3 heterocycles. The van der Waals surface area contributed by atoms with Crippen molar-refractivity contribution in [3.63, 3.8) is 0 Å². The first kappa shape index (κ1) is 18.8. The predicted molar refractivity (Wildman–Crippen MR) is 127 cm³/mol. The van der Waals surface area contributed by atoms with Crippen LogP contribution in [0.25, 0.3) is 17.1 Å². The number of fused-ring (bicyclic) bond motifs is 3. The maximum atomic E-state index is 5.77. The lowest BCUT2D eigenvalue weighted by atomic mass is 10.0. The van der Waals surface area contributed by atoms with E-state index in [-0.39, 0.29) is 6.04 Å². The fourth-order valence-corrected chi connectivity index (χ4v) is 4.84. The maximum Gasteiger partial charge on any atom is 0.157 e. The van der Waals surface area contributed by atoms with Crippen LogP contribution in [-0.2, 0) is 0 Å². The summed E-state index contributed by atoms with van der Waals surface area (Å²) in [5.41, 5.74) is 7.22. The Morgan fingerprint density at radius 3 is 2.69 bits per heavy atom.